The number of para-hydroxylation sites is 1. The summed E-state index contributed by atoms with van der Waals surface area (Å²) in [5.41, 5.74) is 1.06. The molecule has 1 unspecified atom stereocenters. The van der Waals surface area contributed by atoms with E-state index in [1.165, 1.54) is 6.07 Å². The summed E-state index contributed by atoms with van der Waals surface area (Å²) < 4.78 is 23.4. The Morgan fingerprint density at radius 1 is 1.14 bits per heavy atom. The van der Waals surface area contributed by atoms with E-state index in [0.29, 0.717) is 16.3 Å². The van der Waals surface area contributed by atoms with Gasteiger partial charge in [0, 0.05) is 23.4 Å². The first-order valence-corrected chi connectivity index (χ1v) is 8.62. The highest BCUT2D eigenvalue weighted by molar-refractivity contribution is 7.90. The number of nitrogens with one attached hydrogen (secondary N) is 1. The first kappa shape index (κ1) is 15.8. The molecule has 2 N–H and O–H groups in total. The van der Waals surface area contributed by atoms with E-state index in [-0.39, 0.29) is 11.4 Å². The maximum Gasteiger partial charge on any atom is 0.177 e. The molecule has 0 aliphatic rings. The van der Waals surface area contributed by atoms with Crippen molar-refractivity contribution in [1.29, 1.82) is 0 Å². The number of aliphatic hydroxyl groups excluding tert-OH is 1. The van der Waals surface area contributed by atoms with E-state index in [9.17, 15) is 13.5 Å². The third kappa shape index (κ3) is 3.97. The summed E-state index contributed by atoms with van der Waals surface area (Å²) in [6, 6.07) is 13.6. The average Bonchev–Trinajstić information content (AvgIpc) is 2.44. The highest BCUT2D eigenvalue weighted by Crippen LogP contribution is 2.25. The lowest BCUT2D eigenvalue weighted by Crippen LogP contribution is -2.14. The highest BCUT2D eigenvalue weighted by atomic mass is 35.5. The summed E-state index contributed by atoms with van der Waals surface area (Å²) in [6.45, 7) is 0.163. The van der Waals surface area contributed by atoms with E-state index >= 15 is 0 Å². The number of halogens is 1. The molecule has 0 aliphatic carbocycles. The molecule has 0 saturated carbocycles. The van der Waals surface area contributed by atoms with Crippen LogP contribution in [0.4, 0.5) is 5.69 Å². The van der Waals surface area contributed by atoms with Crippen molar-refractivity contribution in [3.63, 3.8) is 0 Å². The van der Waals surface area contributed by atoms with Crippen molar-refractivity contribution in [2.75, 3.05) is 18.1 Å². The van der Waals surface area contributed by atoms with Gasteiger partial charge < -0.3 is 10.4 Å². The second-order valence-corrected chi connectivity index (χ2v) is 7.08. The van der Waals surface area contributed by atoms with Gasteiger partial charge in [-0.05, 0) is 18.2 Å². The third-order valence-corrected chi connectivity index (χ3v) is 4.54. The Kier molecular flexibility index (Phi) is 4.88. The van der Waals surface area contributed by atoms with Crippen LogP contribution in [0.1, 0.15) is 11.7 Å². The molecule has 2 aromatic rings. The predicted octanol–water partition coefficient (Wildman–Crippen LogP) is 2.89. The highest BCUT2D eigenvalue weighted by Gasteiger charge is 2.15. The molecule has 21 heavy (non-hydrogen) atoms. The standard InChI is InChI=1S/C15H16ClNO3S/c1-21(19,20)15-9-5-4-8-13(15)17-10-14(18)11-6-2-3-7-12(11)16/h2-9,14,17-18H,10H2,1H3. The van der Waals surface area contributed by atoms with Gasteiger partial charge in [-0.1, -0.05) is 41.9 Å². The van der Waals surface area contributed by atoms with Gasteiger partial charge in [0.15, 0.2) is 9.84 Å². The monoisotopic (exact) mass is 325 g/mol. The van der Waals surface area contributed by atoms with Gasteiger partial charge in [-0.25, -0.2) is 8.42 Å². The Labute approximate surface area is 129 Å². The predicted molar refractivity (Wildman–Crippen MR) is 84.5 cm³/mol. The normalized spacial score (nSPS) is 12.9. The van der Waals surface area contributed by atoms with Crippen LogP contribution in [0.2, 0.25) is 5.02 Å². The Balaban J connectivity index is 2.16. The summed E-state index contributed by atoms with van der Waals surface area (Å²) >= 11 is 6.02. The minimum Gasteiger partial charge on any atom is -0.387 e. The molecule has 112 valence electrons. The number of benzene rings is 2. The molecule has 0 spiro atoms. The van der Waals surface area contributed by atoms with Crippen LogP contribution >= 0.6 is 11.6 Å². The first-order valence-electron chi connectivity index (χ1n) is 6.35. The Hall–Kier alpha value is -1.56. The van der Waals surface area contributed by atoms with E-state index < -0.39 is 15.9 Å². The molecule has 0 amide bonds. The van der Waals surface area contributed by atoms with Crippen molar-refractivity contribution in [1.82, 2.24) is 0 Å². The fraction of sp³-hybridized carbons (Fsp3) is 0.200. The van der Waals surface area contributed by atoms with Crippen LogP contribution in [0.25, 0.3) is 0 Å². The number of hydrogen-bond donors (Lipinski definition) is 2. The zero-order valence-corrected chi connectivity index (χ0v) is 13.0. The summed E-state index contributed by atoms with van der Waals surface area (Å²) in [7, 11) is -3.32. The van der Waals surface area contributed by atoms with Crippen LogP contribution in [0.5, 0.6) is 0 Å². The number of sulfone groups is 1. The molecular weight excluding hydrogens is 310 g/mol. The molecule has 0 radical (unpaired) electrons. The van der Waals surface area contributed by atoms with Crippen molar-refractivity contribution >= 4 is 27.1 Å². The summed E-state index contributed by atoms with van der Waals surface area (Å²) in [4.78, 5) is 0.205. The van der Waals surface area contributed by atoms with Crippen molar-refractivity contribution in [3.8, 4) is 0 Å². The molecule has 0 aliphatic heterocycles. The van der Waals surface area contributed by atoms with Gasteiger partial charge in [-0.2, -0.15) is 0 Å². The lowest BCUT2D eigenvalue weighted by molar-refractivity contribution is 0.191. The third-order valence-electron chi connectivity index (χ3n) is 3.04. The van der Waals surface area contributed by atoms with Crippen LogP contribution in [-0.2, 0) is 9.84 Å². The van der Waals surface area contributed by atoms with Crippen LogP contribution in [0.15, 0.2) is 53.4 Å². The average molecular weight is 326 g/mol. The molecule has 2 aromatic carbocycles. The fourth-order valence-corrected chi connectivity index (χ4v) is 3.13. The van der Waals surface area contributed by atoms with Gasteiger partial charge in [0.1, 0.15) is 0 Å². The second kappa shape index (κ2) is 6.47. The van der Waals surface area contributed by atoms with E-state index in [1.54, 1.807) is 42.5 Å². The van der Waals surface area contributed by atoms with Gasteiger partial charge in [0.05, 0.1) is 16.7 Å². The molecule has 6 heteroatoms. The van der Waals surface area contributed by atoms with Gasteiger partial charge in [-0.15, -0.1) is 0 Å². The van der Waals surface area contributed by atoms with Gasteiger partial charge >= 0.3 is 0 Å². The number of hydrogen-bond acceptors (Lipinski definition) is 4. The molecule has 0 saturated heterocycles. The number of rotatable bonds is 5. The smallest absolute Gasteiger partial charge is 0.177 e. The van der Waals surface area contributed by atoms with Crippen LogP contribution in [-0.4, -0.2) is 26.3 Å². The summed E-state index contributed by atoms with van der Waals surface area (Å²) in [6.07, 6.45) is 0.323. The lowest BCUT2D eigenvalue weighted by atomic mass is 10.1. The van der Waals surface area contributed by atoms with Gasteiger partial charge in [0.2, 0.25) is 0 Å². The van der Waals surface area contributed by atoms with Gasteiger partial charge in [-0.3, -0.25) is 0 Å². The minimum absolute atomic E-state index is 0.163. The minimum atomic E-state index is -3.32. The van der Waals surface area contributed by atoms with Crippen LogP contribution in [0, 0.1) is 0 Å². The van der Waals surface area contributed by atoms with E-state index in [1.807, 2.05) is 0 Å². The van der Waals surface area contributed by atoms with Crippen LogP contribution < -0.4 is 5.32 Å². The maximum absolute atomic E-state index is 11.7. The molecule has 0 bridgehead atoms. The maximum atomic E-state index is 11.7. The Morgan fingerprint density at radius 2 is 1.76 bits per heavy atom. The Morgan fingerprint density at radius 3 is 2.43 bits per heavy atom. The zero-order chi connectivity index (χ0) is 15.5. The molecule has 2 rings (SSSR count). The van der Waals surface area contributed by atoms with Crippen molar-refractivity contribution in [2.45, 2.75) is 11.0 Å². The molecule has 4 nitrogen and oxygen atoms in total. The summed E-state index contributed by atoms with van der Waals surface area (Å²) in [5, 5.41) is 13.6. The van der Waals surface area contributed by atoms with E-state index in [4.69, 9.17) is 11.6 Å². The van der Waals surface area contributed by atoms with Crippen molar-refractivity contribution in [3.05, 3.63) is 59.1 Å². The lowest BCUT2D eigenvalue weighted by Gasteiger charge is -2.16. The van der Waals surface area contributed by atoms with E-state index in [2.05, 4.69) is 5.32 Å². The molecular formula is C15H16ClNO3S. The number of aliphatic hydroxyl groups is 1. The van der Waals surface area contributed by atoms with Crippen molar-refractivity contribution < 1.29 is 13.5 Å². The number of anilines is 1. The molecule has 1 atom stereocenters. The molecule has 0 aromatic heterocycles. The first-order chi connectivity index (χ1) is 9.89. The van der Waals surface area contributed by atoms with E-state index in [0.717, 1.165) is 6.26 Å². The van der Waals surface area contributed by atoms with Crippen molar-refractivity contribution in [2.24, 2.45) is 0 Å². The fourth-order valence-electron chi connectivity index (χ4n) is 2.00. The summed E-state index contributed by atoms with van der Waals surface area (Å²) in [5.74, 6) is 0. The van der Waals surface area contributed by atoms with Crippen LogP contribution in [0.3, 0.4) is 0 Å². The van der Waals surface area contributed by atoms with Gasteiger partial charge in [0.25, 0.3) is 0 Å². The topological polar surface area (TPSA) is 66.4 Å². The largest absolute Gasteiger partial charge is 0.387 e. The molecule has 0 fully saturated rings. The molecule has 0 heterocycles. The Bertz CT molecular complexity index is 731. The second-order valence-electron chi connectivity index (χ2n) is 4.69. The quantitative estimate of drug-likeness (QED) is 0.887. The SMILES string of the molecule is CS(=O)(=O)c1ccccc1NCC(O)c1ccccc1Cl. The zero-order valence-electron chi connectivity index (χ0n) is 11.5.